The van der Waals surface area contributed by atoms with Crippen molar-refractivity contribution < 1.29 is 19.1 Å². The van der Waals surface area contributed by atoms with Gasteiger partial charge in [-0.1, -0.05) is 5.16 Å². The zero-order chi connectivity index (χ0) is 10.7. The first kappa shape index (κ1) is 10.4. The van der Waals surface area contributed by atoms with Crippen molar-refractivity contribution in [3.05, 3.63) is 34.9 Å². The van der Waals surface area contributed by atoms with E-state index in [1.807, 2.05) is 0 Å². The molecule has 1 rings (SSSR count). The number of rotatable bonds is 2. The first-order valence-corrected chi connectivity index (χ1v) is 3.66. The van der Waals surface area contributed by atoms with Crippen molar-refractivity contribution >= 4 is 5.84 Å². The van der Waals surface area contributed by atoms with Crippen molar-refractivity contribution in [1.82, 2.24) is 0 Å². The molecule has 0 radical (unpaired) electrons. The zero-order valence-electron chi connectivity index (χ0n) is 7.04. The van der Waals surface area contributed by atoms with Crippen LogP contribution < -0.4 is 5.73 Å². The average molecular weight is 202 g/mol. The van der Waals surface area contributed by atoms with E-state index in [0.29, 0.717) is 0 Å². The maximum atomic E-state index is 13.0. The number of aliphatic hydroxyl groups is 1. The minimum Gasteiger partial charge on any atom is -0.409 e. The van der Waals surface area contributed by atoms with Crippen LogP contribution in [0.1, 0.15) is 11.1 Å². The highest BCUT2D eigenvalue weighted by molar-refractivity contribution is 5.97. The summed E-state index contributed by atoms with van der Waals surface area (Å²) in [7, 11) is 0. The summed E-state index contributed by atoms with van der Waals surface area (Å²) >= 11 is 0. The molecule has 0 atom stereocenters. The van der Waals surface area contributed by atoms with Crippen LogP contribution in [0.3, 0.4) is 0 Å². The van der Waals surface area contributed by atoms with E-state index in [-0.39, 0.29) is 5.56 Å². The van der Waals surface area contributed by atoms with Gasteiger partial charge in [0, 0.05) is 11.1 Å². The lowest BCUT2D eigenvalue weighted by Gasteiger charge is -2.04. The lowest BCUT2D eigenvalue weighted by molar-refractivity contribution is 0.269. The second kappa shape index (κ2) is 4.01. The van der Waals surface area contributed by atoms with E-state index in [9.17, 15) is 8.78 Å². The van der Waals surface area contributed by atoms with Gasteiger partial charge in [0.05, 0.1) is 6.61 Å². The highest BCUT2D eigenvalue weighted by Crippen LogP contribution is 2.15. The maximum absolute atomic E-state index is 13.0. The number of hydrogen-bond acceptors (Lipinski definition) is 3. The molecule has 0 fully saturated rings. The lowest BCUT2D eigenvalue weighted by Crippen LogP contribution is -2.14. The van der Waals surface area contributed by atoms with Crippen LogP contribution in [0.5, 0.6) is 0 Å². The van der Waals surface area contributed by atoms with Crippen LogP contribution >= 0.6 is 0 Å². The van der Waals surface area contributed by atoms with E-state index >= 15 is 0 Å². The number of nitrogens with zero attached hydrogens (tertiary/aromatic N) is 1. The molecule has 4 nitrogen and oxygen atoms in total. The normalized spacial score (nSPS) is 11.8. The van der Waals surface area contributed by atoms with Crippen molar-refractivity contribution in [1.29, 1.82) is 0 Å². The van der Waals surface area contributed by atoms with E-state index in [1.165, 1.54) is 0 Å². The summed E-state index contributed by atoms with van der Waals surface area (Å²) in [5, 5.41) is 19.5. The zero-order valence-corrected chi connectivity index (χ0v) is 7.04. The number of aliphatic hydroxyl groups excluding tert-OH is 1. The van der Waals surface area contributed by atoms with E-state index in [4.69, 9.17) is 16.0 Å². The van der Waals surface area contributed by atoms with Gasteiger partial charge in [-0.2, -0.15) is 0 Å². The Bertz CT molecular complexity index is 357. The van der Waals surface area contributed by atoms with Crippen molar-refractivity contribution in [3.63, 3.8) is 0 Å². The van der Waals surface area contributed by atoms with Gasteiger partial charge in [0.15, 0.2) is 5.84 Å². The Morgan fingerprint density at radius 2 is 1.86 bits per heavy atom. The van der Waals surface area contributed by atoms with Gasteiger partial charge < -0.3 is 16.0 Å². The minimum atomic E-state index is -0.936. The molecule has 1 aromatic rings. The van der Waals surface area contributed by atoms with E-state index in [2.05, 4.69) is 5.16 Å². The second-order valence-electron chi connectivity index (χ2n) is 2.56. The van der Waals surface area contributed by atoms with Crippen molar-refractivity contribution in [2.75, 3.05) is 0 Å². The average Bonchev–Trinajstić information content (AvgIpc) is 2.16. The molecule has 0 saturated heterocycles. The summed E-state index contributed by atoms with van der Waals surface area (Å²) < 4.78 is 26.0. The maximum Gasteiger partial charge on any atom is 0.170 e. The van der Waals surface area contributed by atoms with Crippen LogP contribution in [0.4, 0.5) is 8.78 Å². The molecule has 4 N–H and O–H groups in total. The van der Waals surface area contributed by atoms with Crippen molar-refractivity contribution in [2.24, 2.45) is 10.9 Å². The molecule has 0 aliphatic heterocycles. The van der Waals surface area contributed by atoms with Crippen LogP contribution in [0, 0.1) is 11.6 Å². The van der Waals surface area contributed by atoms with E-state index < -0.39 is 29.6 Å². The first-order valence-electron chi connectivity index (χ1n) is 3.66. The molecular weight excluding hydrogens is 194 g/mol. The standard InChI is InChI=1S/C8H8F2N2O2/c9-6-1-4(8(11)12-14)2-7(10)5(6)3-13/h1-2,13-14H,3H2,(H2,11,12). The van der Waals surface area contributed by atoms with Crippen LogP contribution in [-0.2, 0) is 6.61 Å². The molecule has 0 spiro atoms. The summed E-state index contributed by atoms with van der Waals surface area (Å²) in [5.41, 5.74) is 4.60. The monoisotopic (exact) mass is 202 g/mol. The molecule has 0 bridgehead atoms. The molecule has 0 aromatic heterocycles. The van der Waals surface area contributed by atoms with Gasteiger partial charge in [-0.15, -0.1) is 0 Å². The summed E-state index contributed by atoms with van der Waals surface area (Å²) in [5.74, 6) is -2.27. The molecule has 1 aromatic carbocycles. The SMILES string of the molecule is N/C(=N\O)c1cc(F)c(CO)c(F)c1. The topological polar surface area (TPSA) is 78.8 Å². The van der Waals surface area contributed by atoms with E-state index in [0.717, 1.165) is 12.1 Å². The fourth-order valence-electron chi connectivity index (χ4n) is 0.960. The third-order valence-corrected chi connectivity index (χ3v) is 1.70. The third kappa shape index (κ3) is 1.80. The smallest absolute Gasteiger partial charge is 0.170 e. The van der Waals surface area contributed by atoms with Crippen molar-refractivity contribution in [2.45, 2.75) is 6.61 Å². The summed E-state index contributed by atoms with van der Waals surface area (Å²) in [6.45, 7) is -0.742. The number of hydrogen-bond donors (Lipinski definition) is 3. The fraction of sp³-hybridized carbons (Fsp3) is 0.125. The fourth-order valence-corrected chi connectivity index (χ4v) is 0.960. The number of nitrogens with two attached hydrogens (primary N) is 1. The minimum absolute atomic E-state index is 0.0836. The van der Waals surface area contributed by atoms with Gasteiger partial charge in [0.1, 0.15) is 11.6 Å². The first-order chi connectivity index (χ1) is 6.60. The van der Waals surface area contributed by atoms with Crippen LogP contribution in [0.15, 0.2) is 17.3 Å². The molecule has 14 heavy (non-hydrogen) atoms. The Kier molecular flexibility index (Phi) is 2.98. The largest absolute Gasteiger partial charge is 0.409 e. The quantitative estimate of drug-likeness (QED) is 0.283. The summed E-state index contributed by atoms with van der Waals surface area (Å²) in [4.78, 5) is 0. The van der Waals surface area contributed by atoms with Gasteiger partial charge in [0.25, 0.3) is 0 Å². The molecular formula is C8H8F2N2O2. The van der Waals surface area contributed by atoms with Gasteiger partial charge in [-0.3, -0.25) is 0 Å². The molecule has 0 aliphatic rings. The van der Waals surface area contributed by atoms with Crippen LogP contribution in [0.25, 0.3) is 0 Å². The Hall–Kier alpha value is -1.69. The Morgan fingerprint density at radius 1 is 1.36 bits per heavy atom. The second-order valence-corrected chi connectivity index (χ2v) is 2.56. The predicted octanol–water partition coefficient (Wildman–Crippen LogP) is 0.552. The van der Waals surface area contributed by atoms with Gasteiger partial charge in [-0.05, 0) is 12.1 Å². The van der Waals surface area contributed by atoms with Crippen molar-refractivity contribution in [3.8, 4) is 0 Å². The number of benzene rings is 1. The van der Waals surface area contributed by atoms with Gasteiger partial charge >= 0.3 is 0 Å². The highest BCUT2D eigenvalue weighted by Gasteiger charge is 2.11. The Balaban J connectivity index is 3.27. The molecule has 0 unspecified atom stereocenters. The molecule has 6 heteroatoms. The molecule has 76 valence electrons. The lowest BCUT2D eigenvalue weighted by atomic mass is 10.1. The molecule has 0 heterocycles. The van der Waals surface area contributed by atoms with Crippen LogP contribution in [-0.4, -0.2) is 16.1 Å². The third-order valence-electron chi connectivity index (χ3n) is 1.70. The van der Waals surface area contributed by atoms with Gasteiger partial charge in [0.2, 0.25) is 0 Å². The summed E-state index contributed by atoms with van der Waals surface area (Å²) in [6, 6.07) is 1.76. The summed E-state index contributed by atoms with van der Waals surface area (Å²) in [6.07, 6.45) is 0. The molecule has 0 amide bonds. The predicted molar refractivity (Wildman–Crippen MR) is 44.8 cm³/mol. The van der Waals surface area contributed by atoms with Gasteiger partial charge in [-0.25, -0.2) is 8.78 Å². The number of amidine groups is 1. The van der Waals surface area contributed by atoms with Crippen LogP contribution in [0.2, 0.25) is 0 Å². The number of oxime groups is 1. The number of halogens is 2. The molecule has 0 saturated carbocycles. The highest BCUT2D eigenvalue weighted by atomic mass is 19.1. The Labute approximate surface area is 78.3 Å². The molecule has 0 aliphatic carbocycles. The Morgan fingerprint density at radius 3 is 2.21 bits per heavy atom. The van der Waals surface area contributed by atoms with E-state index in [1.54, 1.807) is 0 Å².